The number of halogens is 1. The van der Waals surface area contributed by atoms with Crippen molar-refractivity contribution in [1.29, 1.82) is 0 Å². The lowest BCUT2D eigenvalue weighted by molar-refractivity contribution is -0.632. The van der Waals surface area contributed by atoms with E-state index in [1.807, 2.05) is 37.4 Å². The summed E-state index contributed by atoms with van der Waals surface area (Å²) in [5.41, 5.74) is 5.55. The number of benzene rings is 3. The summed E-state index contributed by atoms with van der Waals surface area (Å²) >= 11 is 0. The molecule has 0 fully saturated rings. The van der Waals surface area contributed by atoms with Crippen LogP contribution in [0.25, 0.3) is 32.9 Å². The van der Waals surface area contributed by atoms with Crippen LogP contribution in [0.3, 0.4) is 0 Å². The van der Waals surface area contributed by atoms with Gasteiger partial charge in [-0.25, -0.2) is 4.79 Å². The maximum absolute atomic E-state index is 11.7. The van der Waals surface area contributed by atoms with Crippen LogP contribution >= 0.6 is 0 Å². The third-order valence-electron chi connectivity index (χ3n) is 5.47. The first-order valence-electron chi connectivity index (χ1n) is 9.07. The molecule has 0 aliphatic carbocycles. The first-order chi connectivity index (χ1) is 13.6. The molecule has 1 aliphatic heterocycles. The number of rotatable bonds is 1. The Hall–Kier alpha value is -2.87. The molecule has 2 heterocycles. The van der Waals surface area contributed by atoms with Gasteiger partial charge in [0, 0.05) is 24.6 Å². The second-order valence-electron chi connectivity index (χ2n) is 6.92. The van der Waals surface area contributed by atoms with Crippen LogP contribution < -0.4 is 38.2 Å². The number of methoxy groups -OCH3 is 1. The van der Waals surface area contributed by atoms with Gasteiger partial charge in [-0.15, -0.1) is 0 Å². The Balaban J connectivity index is 0.00000205. The van der Waals surface area contributed by atoms with Crippen LogP contribution in [0.4, 0.5) is 16.2 Å². The number of aromatic nitrogens is 1. The number of anilines is 2. The van der Waals surface area contributed by atoms with Gasteiger partial charge in [0.2, 0.25) is 11.2 Å². The van der Waals surface area contributed by atoms with Gasteiger partial charge in [-0.1, -0.05) is 24.3 Å². The average molecular weight is 498 g/mol. The fourth-order valence-corrected chi connectivity index (χ4v) is 4.22. The summed E-state index contributed by atoms with van der Waals surface area (Å²) in [5, 5.41) is 3.29. The normalized spacial score (nSPS) is 11.8. The maximum atomic E-state index is 11.7. The summed E-state index contributed by atoms with van der Waals surface area (Å²) in [6.07, 6.45) is -0.726. The molecule has 5 rings (SSSR count). The van der Waals surface area contributed by atoms with Crippen molar-refractivity contribution in [2.75, 3.05) is 19.1 Å². The van der Waals surface area contributed by atoms with Crippen LogP contribution in [0, 0.1) is 0 Å². The molecule has 1 aromatic heterocycles. The van der Waals surface area contributed by atoms with Crippen LogP contribution in [0.2, 0.25) is 0 Å². The van der Waals surface area contributed by atoms with Gasteiger partial charge in [-0.3, -0.25) is 0 Å². The average Bonchev–Trinajstić information content (AvgIpc) is 2.73. The molecule has 0 saturated carbocycles. The van der Waals surface area contributed by atoms with E-state index in [2.05, 4.69) is 51.6 Å². The van der Waals surface area contributed by atoms with Crippen molar-refractivity contribution >= 4 is 39.2 Å². The molecule has 6 heteroatoms. The molecule has 146 valence electrons. The van der Waals surface area contributed by atoms with Crippen molar-refractivity contribution in [2.24, 2.45) is 7.05 Å². The Morgan fingerprint density at radius 3 is 2.48 bits per heavy atom. The lowest BCUT2D eigenvalue weighted by Gasteiger charge is -2.29. The van der Waals surface area contributed by atoms with Crippen molar-refractivity contribution in [3.05, 3.63) is 60.7 Å². The lowest BCUT2D eigenvalue weighted by atomic mass is 9.93. The van der Waals surface area contributed by atoms with E-state index in [0.717, 1.165) is 38.7 Å². The van der Waals surface area contributed by atoms with Gasteiger partial charge in [0.25, 0.3) is 0 Å². The van der Waals surface area contributed by atoms with Gasteiger partial charge >= 0.3 is 6.16 Å². The first kappa shape index (κ1) is 19.4. The molecule has 5 nitrogen and oxygen atoms in total. The number of hydrogen-bond acceptors (Lipinski definition) is 4. The molecular formula is C23H19IN2O3. The largest absolute Gasteiger partial charge is 1.00 e. The standard InChI is InChI=1S/C23H19N2O3.HI/c1-24-19-11-7-5-9-16(19)22-21-17(15-8-4-6-10-18(15)25(22)2)12-14(13-20(21)24)28-23(26)27-3;/h4-13H,1-3H3;1H/q+1;/p-1. The first-order valence-corrected chi connectivity index (χ1v) is 9.07. The minimum absolute atomic E-state index is 0. The number of hydrogen-bond donors (Lipinski definition) is 0. The van der Waals surface area contributed by atoms with E-state index in [4.69, 9.17) is 4.74 Å². The predicted octanol–water partition coefficient (Wildman–Crippen LogP) is 1.72. The number of pyridine rings is 1. The van der Waals surface area contributed by atoms with Crippen LogP contribution in [-0.4, -0.2) is 20.3 Å². The predicted molar refractivity (Wildman–Crippen MR) is 109 cm³/mol. The lowest BCUT2D eigenvalue weighted by Crippen LogP contribution is -3.00. The van der Waals surface area contributed by atoms with Crippen LogP contribution in [0.15, 0.2) is 60.7 Å². The van der Waals surface area contributed by atoms with E-state index in [0.29, 0.717) is 5.75 Å². The molecule has 4 aromatic rings. The number of para-hydroxylation sites is 2. The van der Waals surface area contributed by atoms with Gasteiger partial charge < -0.3 is 38.4 Å². The highest BCUT2D eigenvalue weighted by Gasteiger charge is 2.31. The van der Waals surface area contributed by atoms with E-state index in [1.165, 1.54) is 12.7 Å². The Morgan fingerprint density at radius 2 is 1.69 bits per heavy atom. The number of carbonyl (C=O) groups excluding carboxylic acids is 1. The summed E-state index contributed by atoms with van der Waals surface area (Å²) < 4.78 is 12.3. The van der Waals surface area contributed by atoms with E-state index in [9.17, 15) is 4.79 Å². The molecule has 0 saturated heterocycles. The topological polar surface area (TPSA) is 42.7 Å². The van der Waals surface area contributed by atoms with Crippen LogP contribution in [-0.2, 0) is 11.8 Å². The van der Waals surface area contributed by atoms with Crippen molar-refractivity contribution in [3.8, 4) is 17.0 Å². The van der Waals surface area contributed by atoms with E-state index < -0.39 is 6.16 Å². The van der Waals surface area contributed by atoms with Crippen LogP contribution in [0.5, 0.6) is 5.75 Å². The minimum Gasteiger partial charge on any atom is -1.00 e. The quantitative estimate of drug-likeness (QED) is 0.132. The summed E-state index contributed by atoms with van der Waals surface area (Å²) in [5.74, 6) is 0.463. The highest BCUT2D eigenvalue weighted by Crippen LogP contribution is 2.48. The third-order valence-corrected chi connectivity index (χ3v) is 5.47. The molecule has 0 amide bonds. The van der Waals surface area contributed by atoms with Gasteiger partial charge in [0.1, 0.15) is 12.8 Å². The molecule has 0 spiro atoms. The highest BCUT2D eigenvalue weighted by molar-refractivity contribution is 6.17. The summed E-state index contributed by atoms with van der Waals surface area (Å²) in [6, 6.07) is 20.4. The zero-order valence-electron chi connectivity index (χ0n) is 16.3. The van der Waals surface area contributed by atoms with Gasteiger partial charge in [0.05, 0.1) is 34.8 Å². The van der Waals surface area contributed by atoms with E-state index in [1.54, 1.807) is 0 Å². The van der Waals surface area contributed by atoms with Crippen molar-refractivity contribution in [3.63, 3.8) is 0 Å². The van der Waals surface area contributed by atoms with E-state index >= 15 is 0 Å². The van der Waals surface area contributed by atoms with Crippen LogP contribution in [0.1, 0.15) is 0 Å². The molecule has 1 aliphatic rings. The Labute approximate surface area is 185 Å². The number of aryl methyl sites for hydroxylation is 1. The third kappa shape index (κ3) is 2.81. The fourth-order valence-electron chi connectivity index (χ4n) is 4.22. The van der Waals surface area contributed by atoms with Gasteiger partial charge in [-0.2, -0.15) is 4.57 Å². The van der Waals surface area contributed by atoms with E-state index in [-0.39, 0.29) is 24.0 Å². The summed E-state index contributed by atoms with van der Waals surface area (Å²) in [6.45, 7) is 0. The second kappa shape index (κ2) is 7.18. The smallest absolute Gasteiger partial charge is 0.513 e. The Kier molecular flexibility index (Phi) is 4.82. The van der Waals surface area contributed by atoms with Crippen molar-refractivity contribution < 1.29 is 42.8 Å². The van der Waals surface area contributed by atoms with Crippen molar-refractivity contribution in [2.45, 2.75) is 0 Å². The zero-order chi connectivity index (χ0) is 19.4. The Bertz CT molecular complexity index is 1290. The summed E-state index contributed by atoms with van der Waals surface area (Å²) in [4.78, 5) is 13.9. The molecule has 0 N–H and O–H groups in total. The summed E-state index contributed by atoms with van der Waals surface area (Å²) in [7, 11) is 5.44. The maximum Gasteiger partial charge on any atom is 0.513 e. The van der Waals surface area contributed by atoms with Gasteiger partial charge in [-0.05, 0) is 24.3 Å². The highest BCUT2D eigenvalue weighted by atomic mass is 127. The minimum atomic E-state index is -0.726. The molecule has 0 bridgehead atoms. The van der Waals surface area contributed by atoms with Crippen molar-refractivity contribution in [1.82, 2.24) is 0 Å². The number of nitrogens with zero attached hydrogens (tertiary/aromatic N) is 2. The van der Waals surface area contributed by atoms with Gasteiger partial charge in [0.15, 0.2) is 0 Å². The molecule has 0 atom stereocenters. The number of fused-ring (bicyclic) bond motifs is 4. The number of ether oxygens (including phenoxy) is 2. The molecule has 3 aromatic carbocycles. The molecule has 29 heavy (non-hydrogen) atoms. The molecule has 0 radical (unpaired) electrons. The fraction of sp³-hybridized carbons (Fsp3) is 0.130. The number of carbonyl (C=O) groups is 1. The monoisotopic (exact) mass is 498 g/mol. The zero-order valence-corrected chi connectivity index (χ0v) is 18.4. The molecular weight excluding hydrogens is 479 g/mol. The SMILES string of the molecule is COC(=O)Oc1cc2c3c([n+](C)c4ccccc4c3c1)-c1ccccc1N2C.[I-]. The second-order valence-corrected chi connectivity index (χ2v) is 6.92. The molecule has 0 unspecified atom stereocenters. The Morgan fingerprint density at radius 1 is 0.966 bits per heavy atom.